The van der Waals surface area contributed by atoms with Gasteiger partial charge in [0.25, 0.3) is 0 Å². The molecule has 0 aromatic rings. The van der Waals surface area contributed by atoms with Crippen LogP contribution in [0.3, 0.4) is 0 Å². The highest BCUT2D eigenvalue weighted by atomic mass is 35.5. The largest absolute Gasteiger partial charge is 0.444 e. The molecule has 1 N–H and O–H groups in total. The first-order chi connectivity index (χ1) is 8.78. The minimum atomic E-state index is -0.420. The fourth-order valence-corrected chi connectivity index (χ4v) is 2.15. The van der Waals surface area contributed by atoms with Crippen LogP contribution in [0.4, 0.5) is 4.79 Å². The predicted molar refractivity (Wildman–Crippen MR) is 78.4 cm³/mol. The SMILES string of the molecule is C=C(Cl)CNCC1CCN(C(=O)OC(C)(C)C)CC1. The Morgan fingerprint density at radius 2 is 2.00 bits per heavy atom. The monoisotopic (exact) mass is 288 g/mol. The standard InChI is InChI=1S/C14H25ClN2O2/c1-11(15)9-16-10-12-5-7-17(8-6-12)13(18)19-14(2,3)4/h12,16H,1,5-10H2,2-4H3. The number of likely N-dealkylation sites (tertiary alicyclic amines) is 1. The van der Waals surface area contributed by atoms with E-state index >= 15 is 0 Å². The molecule has 1 fully saturated rings. The van der Waals surface area contributed by atoms with Crippen molar-refractivity contribution in [2.75, 3.05) is 26.2 Å². The first-order valence-corrected chi connectivity index (χ1v) is 7.17. The van der Waals surface area contributed by atoms with Crippen LogP contribution >= 0.6 is 11.6 Å². The molecule has 110 valence electrons. The molecule has 0 aliphatic carbocycles. The van der Waals surface area contributed by atoms with Crippen molar-refractivity contribution in [1.82, 2.24) is 10.2 Å². The Bertz CT molecular complexity index is 318. The Morgan fingerprint density at radius 1 is 1.42 bits per heavy atom. The first-order valence-electron chi connectivity index (χ1n) is 6.80. The Hall–Kier alpha value is -0.740. The highest BCUT2D eigenvalue weighted by Crippen LogP contribution is 2.19. The van der Waals surface area contributed by atoms with E-state index in [-0.39, 0.29) is 6.09 Å². The average Bonchev–Trinajstić information content (AvgIpc) is 2.27. The van der Waals surface area contributed by atoms with E-state index in [2.05, 4.69) is 11.9 Å². The van der Waals surface area contributed by atoms with Gasteiger partial charge in [0.2, 0.25) is 0 Å². The molecule has 1 rings (SSSR count). The third kappa shape index (κ3) is 6.83. The molecule has 1 amide bonds. The number of carbonyl (C=O) groups is 1. The molecule has 0 radical (unpaired) electrons. The van der Waals surface area contributed by atoms with Gasteiger partial charge in [0.1, 0.15) is 5.60 Å². The molecule has 19 heavy (non-hydrogen) atoms. The summed E-state index contributed by atoms with van der Waals surface area (Å²) in [6.45, 7) is 12.4. The fourth-order valence-electron chi connectivity index (χ4n) is 2.06. The predicted octanol–water partition coefficient (Wildman–Crippen LogP) is 2.98. The molecule has 0 atom stereocenters. The summed E-state index contributed by atoms with van der Waals surface area (Å²) in [4.78, 5) is 13.7. The van der Waals surface area contributed by atoms with Gasteiger partial charge in [-0.05, 0) is 46.1 Å². The van der Waals surface area contributed by atoms with Crippen LogP contribution in [0.5, 0.6) is 0 Å². The topological polar surface area (TPSA) is 41.6 Å². The number of rotatable bonds is 4. The molecular formula is C14H25ClN2O2. The molecule has 1 heterocycles. The molecular weight excluding hydrogens is 264 g/mol. The van der Waals surface area contributed by atoms with Crippen molar-refractivity contribution in [3.8, 4) is 0 Å². The van der Waals surface area contributed by atoms with Crippen LogP contribution in [0.25, 0.3) is 0 Å². The van der Waals surface area contributed by atoms with E-state index in [4.69, 9.17) is 16.3 Å². The summed E-state index contributed by atoms with van der Waals surface area (Å²) >= 11 is 5.70. The van der Waals surface area contributed by atoms with Crippen molar-refractivity contribution in [2.24, 2.45) is 5.92 Å². The molecule has 0 bridgehead atoms. The summed E-state index contributed by atoms with van der Waals surface area (Å²) in [5.41, 5.74) is -0.420. The fraction of sp³-hybridized carbons (Fsp3) is 0.786. The van der Waals surface area contributed by atoms with E-state index < -0.39 is 5.60 Å². The van der Waals surface area contributed by atoms with Crippen molar-refractivity contribution in [2.45, 2.75) is 39.2 Å². The van der Waals surface area contributed by atoms with Crippen molar-refractivity contribution < 1.29 is 9.53 Å². The molecule has 4 nitrogen and oxygen atoms in total. The van der Waals surface area contributed by atoms with Crippen LogP contribution in [0.15, 0.2) is 11.6 Å². The van der Waals surface area contributed by atoms with Gasteiger partial charge in [0.15, 0.2) is 0 Å². The molecule has 0 spiro atoms. The van der Waals surface area contributed by atoms with Gasteiger partial charge in [-0.3, -0.25) is 0 Å². The Labute approximate surface area is 121 Å². The smallest absolute Gasteiger partial charge is 0.410 e. The number of amides is 1. The number of carbonyl (C=O) groups excluding carboxylic acids is 1. The maximum atomic E-state index is 11.9. The summed E-state index contributed by atoms with van der Waals surface area (Å²) in [5, 5.41) is 3.90. The van der Waals surface area contributed by atoms with Crippen LogP contribution in [0.2, 0.25) is 0 Å². The minimum Gasteiger partial charge on any atom is -0.444 e. The van der Waals surface area contributed by atoms with Gasteiger partial charge in [-0.1, -0.05) is 18.2 Å². The summed E-state index contributed by atoms with van der Waals surface area (Å²) < 4.78 is 5.37. The average molecular weight is 289 g/mol. The summed E-state index contributed by atoms with van der Waals surface area (Å²) in [5.74, 6) is 0.592. The van der Waals surface area contributed by atoms with E-state index in [0.29, 0.717) is 17.5 Å². The van der Waals surface area contributed by atoms with Gasteiger partial charge in [-0.25, -0.2) is 4.79 Å². The van der Waals surface area contributed by atoms with Gasteiger partial charge in [0, 0.05) is 24.7 Å². The number of hydrogen-bond acceptors (Lipinski definition) is 3. The molecule has 0 aromatic carbocycles. The van der Waals surface area contributed by atoms with Crippen LogP contribution < -0.4 is 5.32 Å². The molecule has 5 heteroatoms. The summed E-state index contributed by atoms with van der Waals surface area (Å²) in [6, 6.07) is 0. The molecule has 1 aliphatic heterocycles. The van der Waals surface area contributed by atoms with Gasteiger partial charge >= 0.3 is 6.09 Å². The number of hydrogen-bond donors (Lipinski definition) is 1. The van der Waals surface area contributed by atoms with Crippen molar-refractivity contribution >= 4 is 17.7 Å². The Kier molecular flexibility index (Phi) is 6.14. The Morgan fingerprint density at radius 3 is 2.47 bits per heavy atom. The lowest BCUT2D eigenvalue weighted by Crippen LogP contribution is -2.43. The van der Waals surface area contributed by atoms with Crippen LogP contribution in [-0.2, 0) is 4.74 Å². The lowest BCUT2D eigenvalue weighted by Gasteiger charge is -2.33. The zero-order valence-electron chi connectivity index (χ0n) is 12.2. The van der Waals surface area contributed by atoms with E-state index in [1.54, 1.807) is 4.90 Å². The number of halogens is 1. The van der Waals surface area contributed by atoms with E-state index in [1.807, 2.05) is 20.8 Å². The second-order valence-electron chi connectivity index (χ2n) is 6.06. The van der Waals surface area contributed by atoms with E-state index in [9.17, 15) is 4.79 Å². The summed E-state index contributed by atoms with van der Waals surface area (Å²) in [6.07, 6.45) is 1.80. The second-order valence-corrected chi connectivity index (χ2v) is 6.59. The van der Waals surface area contributed by atoms with Gasteiger partial charge in [-0.15, -0.1) is 0 Å². The third-order valence-corrected chi connectivity index (χ3v) is 3.15. The summed E-state index contributed by atoms with van der Waals surface area (Å²) in [7, 11) is 0. The normalized spacial score (nSPS) is 17.4. The highest BCUT2D eigenvalue weighted by Gasteiger charge is 2.26. The number of ether oxygens (including phenoxy) is 1. The quantitative estimate of drug-likeness (QED) is 0.865. The molecule has 0 aromatic heterocycles. The van der Waals surface area contributed by atoms with Crippen LogP contribution in [-0.4, -0.2) is 42.8 Å². The highest BCUT2D eigenvalue weighted by molar-refractivity contribution is 6.29. The number of nitrogens with zero attached hydrogens (tertiary/aromatic N) is 1. The maximum absolute atomic E-state index is 11.9. The molecule has 1 saturated heterocycles. The first kappa shape index (κ1) is 16.3. The zero-order valence-corrected chi connectivity index (χ0v) is 12.9. The second kappa shape index (κ2) is 7.15. The van der Waals surface area contributed by atoms with Gasteiger partial charge < -0.3 is 15.0 Å². The molecule has 0 unspecified atom stereocenters. The van der Waals surface area contributed by atoms with Gasteiger partial charge in [-0.2, -0.15) is 0 Å². The molecule has 1 aliphatic rings. The third-order valence-electron chi connectivity index (χ3n) is 3.02. The zero-order chi connectivity index (χ0) is 14.5. The number of piperidine rings is 1. The van der Waals surface area contributed by atoms with E-state index in [1.165, 1.54) is 0 Å². The molecule has 0 saturated carbocycles. The lowest BCUT2D eigenvalue weighted by atomic mass is 9.97. The van der Waals surface area contributed by atoms with Crippen molar-refractivity contribution in [3.63, 3.8) is 0 Å². The van der Waals surface area contributed by atoms with Crippen LogP contribution in [0.1, 0.15) is 33.6 Å². The minimum absolute atomic E-state index is 0.201. The van der Waals surface area contributed by atoms with Gasteiger partial charge in [0.05, 0.1) is 0 Å². The van der Waals surface area contributed by atoms with E-state index in [0.717, 1.165) is 32.5 Å². The number of nitrogens with one attached hydrogen (secondary N) is 1. The lowest BCUT2D eigenvalue weighted by molar-refractivity contribution is 0.0184. The van der Waals surface area contributed by atoms with Crippen LogP contribution in [0, 0.1) is 5.92 Å². The van der Waals surface area contributed by atoms with Crippen molar-refractivity contribution in [3.05, 3.63) is 11.6 Å². The van der Waals surface area contributed by atoms with Crippen molar-refractivity contribution in [1.29, 1.82) is 0 Å². The Balaban J connectivity index is 2.25. The maximum Gasteiger partial charge on any atom is 0.410 e.